The van der Waals surface area contributed by atoms with Gasteiger partial charge in [0.1, 0.15) is 12.0 Å². The minimum absolute atomic E-state index is 0.0229. The molecule has 0 radical (unpaired) electrons. The van der Waals surface area contributed by atoms with Gasteiger partial charge < -0.3 is 19.4 Å². The Bertz CT molecular complexity index is 1170. The Balaban J connectivity index is 1.38. The summed E-state index contributed by atoms with van der Waals surface area (Å²) in [5.41, 5.74) is 4.90. The topological polar surface area (TPSA) is 71.8 Å². The van der Waals surface area contributed by atoms with E-state index >= 15 is 0 Å². The lowest BCUT2D eigenvalue weighted by Crippen LogP contribution is -2.29. The number of benzene rings is 2. The Morgan fingerprint density at radius 3 is 2.81 bits per heavy atom. The van der Waals surface area contributed by atoms with Crippen molar-refractivity contribution in [1.29, 1.82) is 0 Å². The Morgan fingerprint density at radius 2 is 2.00 bits per heavy atom. The molecule has 1 N–H and O–H groups in total. The fraction of sp³-hybridized carbons (Fsp3) is 0.280. The van der Waals surface area contributed by atoms with Crippen LogP contribution in [0.4, 0.5) is 11.4 Å². The molecule has 0 saturated heterocycles. The van der Waals surface area contributed by atoms with Crippen LogP contribution in [0.15, 0.2) is 64.0 Å². The van der Waals surface area contributed by atoms with E-state index in [1.54, 1.807) is 0 Å². The third-order valence-corrected chi connectivity index (χ3v) is 5.55. The summed E-state index contributed by atoms with van der Waals surface area (Å²) < 4.78 is 11.1. The number of fused-ring (bicyclic) bond motifs is 1. The Morgan fingerprint density at radius 1 is 1.19 bits per heavy atom. The maximum atomic E-state index is 12.5. The molecular formula is C25H26N2O4. The highest BCUT2D eigenvalue weighted by Crippen LogP contribution is 2.33. The fourth-order valence-corrected chi connectivity index (χ4v) is 3.87. The molecule has 0 spiro atoms. The molecule has 6 heteroatoms. The number of ether oxygens (including phenoxy) is 1. The summed E-state index contributed by atoms with van der Waals surface area (Å²) >= 11 is 0. The molecule has 0 aliphatic carbocycles. The van der Waals surface area contributed by atoms with Crippen molar-refractivity contribution in [3.05, 3.63) is 87.5 Å². The number of amides is 1. The molecule has 1 aliphatic heterocycles. The highest BCUT2D eigenvalue weighted by Gasteiger charge is 2.26. The van der Waals surface area contributed by atoms with Crippen LogP contribution in [0.2, 0.25) is 0 Å². The third kappa shape index (κ3) is 4.63. The molecule has 1 unspecified atom stereocenters. The van der Waals surface area contributed by atoms with E-state index in [-0.39, 0.29) is 23.7 Å². The predicted molar refractivity (Wildman–Crippen MR) is 121 cm³/mol. The molecule has 2 heterocycles. The van der Waals surface area contributed by atoms with Gasteiger partial charge in [-0.05, 0) is 56.0 Å². The van der Waals surface area contributed by atoms with E-state index < -0.39 is 0 Å². The van der Waals surface area contributed by atoms with Crippen molar-refractivity contribution in [3.8, 4) is 5.75 Å². The van der Waals surface area contributed by atoms with Crippen LogP contribution in [-0.4, -0.2) is 18.6 Å². The predicted octanol–water partition coefficient (Wildman–Crippen LogP) is 4.23. The number of para-hydroxylation sites is 1. The van der Waals surface area contributed by atoms with E-state index in [9.17, 15) is 9.59 Å². The molecule has 3 aromatic rings. The quantitative estimate of drug-likeness (QED) is 0.649. The normalized spacial score (nSPS) is 14.9. The molecule has 4 rings (SSSR count). The molecule has 160 valence electrons. The van der Waals surface area contributed by atoms with Crippen molar-refractivity contribution in [2.45, 2.75) is 39.8 Å². The van der Waals surface area contributed by atoms with Gasteiger partial charge in [0.25, 0.3) is 5.91 Å². The van der Waals surface area contributed by atoms with Gasteiger partial charge in [-0.3, -0.25) is 9.59 Å². The van der Waals surface area contributed by atoms with E-state index in [1.165, 1.54) is 23.6 Å². The minimum atomic E-state index is -0.334. The van der Waals surface area contributed by atoms with Gasteiger partial charge in [-0.25, -0.2) is 0 Å². The molecule has 31 heavy (non-hydrogen) atoms. The molecule has 1 aliphatic rings. The van der Waals surface area contributed by atoms with E-state index in [2.05, 4.69) is 29.3 Å². The molecular weight excluding hydrogens is 392 g/mol. The highest BCUT2D eigenvalue weighted by atomic mass is 16.5. The van der Waals surface area contributed by atoms with E-state index in [0.29, 0.717) is 18.3 Å². The van der Waals surface area contributed by atoms with Crippen LogP contribution in [-0.2, 0) is 17.8 Å². The number of carbonyl (C=O) groups is 1. The summed E-state index contributed by atoms with van der Waals surface area (Å²) in [7, 11) is 0. The summed E-state index contributed by atoms with van der Waals surface area (Å²) in [6, 6.07) is 15.9. The van der Waals surface area contributed by atoms with Gasteiger partial charge in [-0.15, -0.1) is 0 Å². The molecule has 0 bridgehead atoms. The zero-order valence-corrected chi connectivity index (χ0v) is 18.0. The van der Waals surface area contributed by atoms with Crippen LogP contribution >= 0.6 is 0 Å². The lowest BCUT2D eigenvalue weighted by atomic mass is 10.1. The van der Waals surface area contributed by atoms with E-state index in [1.807, 2.05) is 44.2 Å². The van der Waals surface area contributed by atoms with Gasteiger partial charge in [-0.1, -0.05) is 30.3 Å². The van der Waals surface area contributed by atoms with Gasteiger partial charge in [0.05, 0.1) is 6.54 Å². The Hall–Kier alpha value is -3.54. The third-order valence-electron chi connectivity index (χ3n) is 5.55. The average Bonchev–Trinajstić information content (AvgIpc) is 3.05. The first-order chi connectivity index (χ1) is 14.9. The van der Waals surface area contributed by atoms with Gasteiger partial charge in [-0.2, -0.15) is 0 Å². The smallest absolute Gasteiger partial charge is 0.262 e. The SMILES string of the molecule is Cc1ccc(C)c(NC(=O)COc2coc(CN3c4ccccc4CC3C)cc2=O)c1. The van der Waals surface area contributed by atoms with Crippen molar-refractivity contribution in [2.75, 3.05) is 16.8 Å². The molecule has 6 nitrogen and oxygen atoms in total. The number of carbonyl (C=O) groups excluding carboxylic acids is 1. The van der Waals surface area contributed by atoms with Crippen molar-refractivity contribution >= 4 is 17.3 Å². The first-order valence-electron chi connectivity index (χ1n) is 10.4. The number of nitrogens with zero attached hydrogens (tertiary/aromatic N) is 1. The Kier molecular flexibility index (Phi) is 5.80. The average molecular weight is 418 g/mol. The van der Waals surface area contributed by atoms with Crippen LogP contribution in [0.1, 0.15) is 29.4 Å². The monoisotopic (exact) mass is 418 g/mol. The van der Waals surface area contributed by atoms with Gasteiger partial charge in [0.2, 0.25) is 11.2 Å². The van der Waals surface area contributed by atoms with Crippen LogP contribution in [0.5, 0.6) is 5.75 Å². The lowest BCUT2D eigenvalue weighted by Gasteiger charge is -2.24. The van der Waals surface area contributed by atoms with E-state index in [0.717, 1.165) is 23.2 Å². The second-order valence-electron chi connectivity index (χ2n) is 8.04. The van der Waals surface area contributed by atoms with Crippen molar-refractivity contribution in [2.24, 2.45) is 0 Å². The summed E-state index contributed by atoms with van der Waals surface area (Å²) in [6.45, 7) is 6.27. The molecule has 0 fully saturated rings. The largest absolute Gasteiger partial charge is 0.477 e. The summed E-state index contributed by atoms with van der Waals surface area (Å²) in [6.07, 6.45) is 2.26. The fourth-order valence-electron chi connectivity index (χ4n) is 3.87. The van der Waals surface area contributed by atoms with Crippen LogP contribution in [0.3, 0.4) is 0 Å². The highest BCUT2D eigenvalue weighted by molar-refractivity contribution is 5.92. The summed E-state index contributed by atoms with van der Waals surface area (Å²) in [4.78, 5) is 26.9. The van der Waals surface area contributed by atoms with Crippen LogP contribution < -0.4 is 20.4 Å². The Labute approximate surface area is 181 Å². The number of anilines is 2. The maximum Gasteiger partial charge on any atom is 0.262 e. The zero-order chi connectivity index (χ0) is 22.0. The van der Waals surface area contributed by atoms with Crippen molar-refractivity contribution in [3.63, 3.8) is 0 Å². The van der Waals surface area contributed by atoms with Crippen LogP contribution in [0, 0.1) is 13.8 Å². The second kappa shape index (κ2) is 8.68. The summed E-state index contributed by atoms with van der Waals surface area (Å²) in [5.74, 6) is 0.246. The first-order valence-corrected chi connectivity index (χ1v) is 10.4. The minimum Gasteiger partial charge on any atom is -0.477 e. The second-order valence-corrected chi connectivity index (χ2v) is 8.04. The van der Waals surface area contributed by atoms with E-state index in [4.69, 9.17) is 9.15 Å². The van der Waals surface area contributed by atoms with Crippen molar-refractivity contribution < 1.29 is 13.9 Å². The number of rotatable bonds is 6. The van der Waals surface area contributed by atoms with Gasteiger partial charge >= 0.3 is 0 Å². The lowest BCUT2D eigenvalue weighted by molar-refractivity contribution is -0.118. The first kappa shape index (κ1) is 20.7. The van der Waals surface area contributed by atoms with Crippen LogP contribution in [0.25, 0.3) is 0 Å². The van der Waals surface area contributed by atoms with Gasteiger partial charge in [0.15, 0.2) is 6.61 Å². The molecule has 1 aromatic heterocycles. The van der Waals surface area contributed by atoms with Gasteiger partial charge in [0, 0.05) is 23.5 Å². The number of nitrogens with one attached hydrogen (secondary N) is 1. The molecule has 2 aromatic carbocycles. The number of aryl methyl sites for hydroxylation is 2. The number of hydrogen-bond donors (Lipinski definition) is 1. The summed E-state index contributed by atoms with van der Waals surface area (Å²) in [5, 5.41) is 2.81. The molecule has 0 saturated carbocycles. The van der Waals surface area contributed by atoms with Crippen molar-refractivity contribution in [1.82, 2.24) is 0 Å². The number of hydrogen-bond acceptors (Lipinski definition) is 5. The molecule has 1 atom stereocenters. The standard InChI is InChI=1S/C25H26N2O4/c1-16-8-9-17(2)21(10-16)26-25(29)15-31-24-14-30-20(12-23(24)28)13-27-18(3)11-19-6-4-5-7-22(19)27/h4-10,12,14,18H,11,13,15H2,1-3H3,(H,26,29). The maximum absolute atomic E-state index is 12.5. The zero-order valence-electron chi connectivity index (χ0n) is 18.0. The molecule has 1 amide bonds.